The van der Waals surface area contributed by atoms with Gasteiger partial charge in [0, 0.05) is 11.5 Å². The highest BCUT2D eigenvalue weighted by Crippen LogP contribution is 2.33. The molecular weight excluding hydrogens is 352 g/mol. The second-order valence-corrected chi connectivity index (χ2v) is 8.14. The van der Waals surface area contributed by atoms with E-state index >= 15 is 0 Å². The molecule has 0 atom stereocenters. The predicted octanol–water partition coefficient (Wildman–Crippen LogP) is 4.78. The van der Waals surface area contributed by atoms with Crippen molar-refractivity contribution in [2.45, 2.75) is 11.5 Å². The molecule has 0 saturated carbocycles. The molecular formula is C14H10N4S4. The van der Waals surface area contributed by atoms with Crippen LogP contribution in [0.1, 0.15) is 11.1 Å². The summed E-state index contributed by atoms with van der Waals surface area (Å²) in [4.78, 5) is 0. The average Bonchev–Trinajstić information content (AvgIpc) is 3.20. The van der Waals surface area contributed by atoms with Gasteiger partial charge in [-0.3, -0.25) is 0 Å². The fourth-order valence-electron chi connectivity index (χ4n) is 2.17. The van der Waals surface area contributed by atoms with Crippen molar-refractivity contribution in [2.24, 2.45) is 0 Å². The van der Waals surface area contributed by atoms with E-state index in [0.717, 1.165) is 33.6 Å². The van der Waals surface area contributed by atoms with Crippen molar-refractivity contribution in [2.75, 3.05) is 0 Å². The molecule has 2 aromatic carbocycles. The highest BCUT2D eigenvalue weighted by molar-refractivity contribution is 8.76. The summed E-state index contributed by atoms with van der Waals surface area (Å²) in [7, 11) is 3.68. The normalized spacial score (nSPS) is 11.5. The maximum Gasteiger partial charge on any atom is 0.108 e. The van der Waals surface area contributed by atoms with E-state index < -0.39 is 0 Å². The summed E-state index contributed by atoms with van der Waals surface area (Å²) in [5.41, 5.74) is 6.55. The standard InChI is InChI=1S/C14H10N4S4/c1-3-9(13-11(5-1)15-21-17-13)7-19-20-8-10-4-2-6-12-14(10)18-22-16-12/h1-6H,7-8H2. The zero-order valence-electron chi connectivity index (χ0n) is 11.3. The molecule has 0 fully saturated rings. The summed E-state index contributed by atoms with van der Waals surface area (Å²) in [5, 5.41) is 0. The van der Waals surface area contributed by atoms with Crippen molar-refractivity contribution in [1.29, 1.82) is 0 Å². The molecule has 0 radical (unpaired) electrons. The van der Waals surface area contributed by atoms with E-state index in [1.807, 2.05) is 45.9 Å². The Hall–Kier alpha value is -1.22. The van der Waals surface area contributed by atoms with Crippen LogP contribution in [-0.2, 0) is 11.5 Å². The van der Waals surface area contributed by atoms with Gasteiger partial charge in [-0.2, -0.15) is 17.5 Å². The van der Waals surface area contributed by atoms with Gasteiger partial charge in [-0.1, -0.05) is 45.9 Å². The number of rotatable bonds is 5. The minimum atomic E-state index is 0.929. The quantitative estimate of drug-likeness (QED) is 0.376. The van der Waals surface area contributed by atoms with Crippen LogP contribution in [-0.4, -0.2) is 17.5 Å². The van der Waals surface area contributed by atoms with Gasteiger partial charge in [-0.15, -0.1) is 0 Å². The fourth-order valence-corrected chi connectivity index (χ4v) is 5.45. The zero-order chi connectivity index (χ0) is 14.8. The van der Waals surface area contributed by atoms with E-state index in [4.69, 9.17) is 0 Å². The highest BCUT2D eigenvalue weighted by Gasteiger charge is 2.07. The second kappa shape index (κ2) is 6.49. The van der Waals surface area contributed by atoms with E-state index in [0.29, 0.717) is 0 Å². The molecule has 0 unspecified atom stereocenters. The number of benzene rings is 2. The van der Waals surface area contributed by atoms with Crippen molar-refractivity contribution < 1.29 is 0 Å². The van der Waals surface area contributed by atoms with Gasteiger partial charge in [0.2, 0.25) is 0 Å². The lowest BCUT2D eigenvalue weighted by Gasteiger charge is -2.03. The number of hydrogen-bond donors (Lipinski definition) is 0. The highest BCUT2D eigenvalue weighted by atomic mass is 33.1. The monoisotopic (exact) mass is 362 g/mol. The first kappa shape index (κ1) is 14.4. The maximum absolute atomic E-state index is 4.38. The van der Waals surface area contributed by atoms with Gasteiger partial charge in [-0.05, 0) is 23.3 Å². The molecule has 2 aromatic heterocycles. The van der Waals surface area contributed by atoms with E-state index in [1.54, 1.807) is 0 Å². The minimum absolute atomic E-state index is 0.929. The Morgan fingerprint density at radius 3 is 1.68 bits per heavy atom. The van der Waals surface area contributed by atoms with Crippen LogP contribution in [0.2, 0.25) is 0 Å². The molecule has 0 bridgehead atoms. The lowest BCUT2D eigenvalue weighted by atomic mass is 10.2. The summed E-state index contributed by atoms with van der Waals surface area (Å²) in [5.74, 6) is 1.86. The van der Waals surface area contributed by atoms with Crippen LogP contribution in [0.25, 0.3) is 22.1 Å². The minimum Gasteiger partial charge on any atom is -0.173 e. The molecule has 22 heavy (non-hydrogen) atoms. The Morgan fingerprint density at radius 2 is 1.18 bits per heavy atom. The molecule has 4 nitrogen and oxygen atoms in total. The number of hydrogen-bond acceptors (Lipinski definition) is 8. The molecule has 4 rings (SSSR count). The van der Waals surface area contributed by atoms with Gasteiger partial charge in [0.15, 0.2) is 0 Å². The summed E-state index contributed by atoms with van der Waals surface area (Å²) in [6.07, 6.45) is 0. The molecule has 0 amide bonds. The van der Waals surface area contributed by atoms with Gasteiger partial charge >= 0.3 is 0 Å². The molecule has 2 heterocycles. The molecule has 4 aromatic rings. The van der Waals surface area contributed by atoms with Crippen LogP contribution >= 0.6 is 45.0 Å². The fraction of sp³-hybridized carbons (Fsp3) is 0.143. The Bertz CT molecular complexity index is 841. The first-order valence-corrected chi connectivity index (χ1v) is 10.5. The molecule has 0 aliphatic heterocycles. The Balaban J connectivity index is 1.41. The van der Waals surface area contributed by atoms with Crippen LogP contribution in [0.4, 0.5) is 0 Å². The van der Waals surface area contributed by atoms with Gasteiger partial charge in [0.05, 0.1) is 23.5 Å². The molecule has 0 N–H and O–H groups in total. The first-order valence-electron chi connectivity index (χ1n) is 6.56. The van der Waals surface area contributed by atoms with E-state index in [9.17, 15) is 0 Å². The van der Waals surface area contributed by atoms with Crippen molar-refractivity contribution >= 4 is 67.1 Å². The lowest BCUT2D eigenvalue weighted by Crippen LogP contribution is -1.84. The van der Waals surface area contributed by atoms with Crippen LogP contribution in [0.5, 0.6) is 0 Å². The van der Waals surface area contributed by atoms with Crippen molar-refractivity contribution in [3.8, 4) is 0 Å². The van der Waals surface area contributed by atoms with Crippen molar-refractivity contribution in [3.05, 3.63) is 47.5 Å². The lowest BCUT2D eigenvalue weighted by molar-refractivity contribution is 1.43. The molecule has 110 valence electrons. The van der Waals surface area contributed by atoms with Crippen LogP contribution < -0.4 is 0 Å². The Morgan fingerprint density at radius 1 is 0.682 bits per heavy atom. The SMILES string of the molecule is c1cc(CSSCc2cccc3nsnc23)c2nsnc2c1. The average molecular weight is 363 g/mol. The molecule has 0 aliphatic carbocycles. The molecule has 0 aliphatic rings. The largest absolute Gasteiger partial charge is 0.173 e. The third kappa shape index (κ3) is 2.83. The zero-order valence-corrected chi connectivity index (χ0v) is 14.6. The number of nitrogens with zero attached hydrogens (tertiary/aromatic N) is 4. The number of aromatic nitrogens is 4. The maximum atomic E-state index is 4.38. The van der Waals surface area contributed by atoms with Gasteiger partial charge in [-0.25, -0.2) is 0 Å². The van der Waals surface area contributed by atoms with Crippen LogP contribution in [0.15, 0.2) is 36.4 Å². The molecule has 0 saturated heterocycles. The summed E-state index contributed by atoms with van der Waals surface area (Å²) in [6.45, 7) is 0. The third-order valence-corrected chi connectivity index (χ3v) is 6.57. The van der Waals surface area contributed by atoms with E-state index in [-0.39, 0.29) is 0 Å². The molecule has 8 heteroatoms. The van der Waals surface area contributed by atoms with Crippen molar-refractivity contribution in [1.82, 2.24) is 17.5 Å². The van der Waals surface area contributed by atoms with Gasteiger partial charge in [0.1, 0.15) is 22.1 Å². The van der Waals surface area contributed by atoms with Crippen LogP contribution in [0, 0.1) is 0 Å². The Kier molecular flexibility index (Phi) is 4.24. The van der Waals surface area contributed by atoms with E-state index in [2.05, 4.69) is 29.6 Å². The summed E-state index contributed by atoms with van der Waals surface area (Å²) >= 11 is 2.55. The van der Waals surface area contributed by atoms with Gasteiger partial charge < -0.3 is 0 Å². The van der Waals surface area contributed by atoms with E-state index in [1.165, 1.54) is 34.6 Å². The van der Waals surface area contributed by atoms with Crippen molar-refractivity contribution in [3.63, 3.8) is 0 Å². The Labute approximate surface area is 143 Å². The van der Waals surface area contributed by atoms with Gasteiger partial charge in [0.25, 0.3) is 0 Å². The summed E-state index contributed by atoms with van der Waals surface area (Å²) < 4.78 is 17.3. The predicted molar refractivity (Wildman–Crippen MR) is 97.4 cm³/mol. The first-order chi connectivity index (χ1) is 10.9. The molecule has 0 spiro atoms. The smallest absolute Gasteiger partial charge is 0.108 e. The topological polar surface area (TPSA) is 51.6 Å². The van der Waals surface area contributed by atoms with Crippen LogP contribution in [0.3, 0.4) is 0 Å². The summed E-state index contributed by atoms with van der Waals surface area (Å²) in [6, 6.07) is 12.4. The number of fused-ring (bicyclic) bond motifs is 2. The third-order valence-electron chi connectivity index (χ3n) is 3.25. The second-order valence-electron chi connectivity index (χ2n) is 4.62.